The Bertz CT molecular complexity index is 561. The molecule has 0 saturated carbocycles. The van der Waals surface area contributed by atoms with Gasteiger partial charge in [0.2, 0.25) is 0 Å². The highest BCUT2D eigenvalue weighted by Gasteiger charge is 2.02. The van der Waals surface area contributed by atoms with Crippen LogP contribution in [0.5, 0.6) is 0 Å². The van der Waals surface area contributed by atoms with E-state index in [-0.39, 0.29) is 5.91 Å². The molecular weight excluding hydrogens is 258 g/mol. The Morgan fingerprint density at radius 2 is 1.74 bits per heavy atom. The van der Waals surface area contributed by atoms with Crippen LogP contribution in [0.1, 0.15) is 15.9 Å². The molecule has 0 radical (unpaired) electrons. The van der Waals surface area contributed by atoms with Crippen molar-refractivity contribution in [3.63, 3.8) is 0 Å². The third-order valence-corrected chi connectivity index (χ3v) is 2.85. The quantitative estimate of drug-likeness (QED) is 0.901. The monoisotopic (exact) mass is 271 g/mol. The minimum Gasteiger partial charge on any atom is -0.349 e. The fraction of sp³-hybridized carbons (Fsp3) is 0.0625. The first-order valence-corrected chi connectivity index (χ1v) is 6.39. The summed E-state index contributed by atoms with van der Waals surface area (Å²) in [5, 5.41) is 3.45. The number of nitrogens with one attached hydrogen (secondary N) is 1. The fourth-order valence-corrected chi connectivity index (χ4v) is 1.74. The van der Waals surface area contributed by atoms with E-state index in [4.69, 9.17) is 11.6 Å². The molecule has 0 spiro atoms. The molecule has 0 atom stereocenters. The lowest BCUT2D eigenvalue weighted by molar-refractivity contribution is 0.0958. The van der Waals surface area contributed by atoms with E-state index in [1.807, 2.05) is 42.5 Å². The lowest BCUT2D eigenvalue weighted by Crippen LogP contribution is -2.23. The van der Waals surface area contributed by atoms with E-state index in [1.165, 1.54) is 0 Å². The minimum absolute atomic E-state index is 0.102. The van der Waals surface area contributed by atoms with Gasteiger partial charge in [0, 0.05) is 17.1 Å². The molecule has 0 unspecified atom stereocenters. The summed E-state index contributed by atoms with van der Waals surface area (Å²) in [5.74, 6) is -0.102. The maximum Gasteiger partial charge on any atom is 0.251 e. The molecular formula is C16H14ClNO. The van der Waals surface area contributed by atoms with E-state index in [2.05, 4.69) is 5.32 Å². The molecule has 0 bridgehead atoms. The van der Waals surface area contributed by atoms with Crippen LogP contribution in [0.4, 0.5) is 0 Å². The average Bonchev–Trinajstić information content (AvgIpc) is 2.45. The second-order valence-corrected chi connectivity index (χ2v) is 4.47. The first kappa shape index (κ1) is 13.4. The zero-order chi connectivity index (χ0) is 13.5. The predicted molar refractivity (Wildman–Crippen MR) is 79.3 cm³/mol. The zero-order valence-electron chi connectivity index (χ0n) is 10.3. The summed E-state index contributed by atoms with van der Waals surface area (Å²) in [6.07, 6.45) is 3.89. The number of carbonyl (C=O) groups excluding carboxylic acids is 1. The molecule has 2 aromatic rings. The van der Waals surface area contributed by atoms with Crippen molar-refractivity contribution in [3.8, 4) is 0 Å². The van der Waals surface area contributed by atoms with Crippen LogP contribution in [0.2, 0.25) is 5.02 Å². The third-order valence-electron chi connectivity index (χ3n) is 2.60. The Kier molecular flexibility index (Phi) is 4.76. The highest BCUT2D eigenvalue weighted by molar-refractivity contribution is 6.30. The van der Waals surface area contributed by atoms with Gasteiger partial charge in [0.05, 0.1) is 0 Å². The van der Waals surface area contributed by atoms with Gasteiger partial charge in [-0.15, -0.1) is 0 Å². The van der Waals surface area contributed by atoms with Crippen molar-refractivity contribution < 1.29 is 4.79 Å². The van der Waals surface area contributed by atoms with E-state index < -0.39 is 0 Å². The van der Waals surface area contributed by atoms with Gasteiger partial charge < -0.3 is 5.32 Å². The lowest BCUT2D eigenvalue weighted by atomic mass is 10.2. The first-order chi connectivity index (χ1) is 9.25. The van der Waals surface area contributed by atoms with Gasteiger partial charge in [-0.25, -0.2) is 0 Å². The Morgan fingerprint density at radius 3 is 2.42 bits per heavy atom. The van der Waals surface area contributed by atoms with Gasteiger partial charge in [0.1, 0.15) is 0 Å². The number of carbonyl (C=O) groups is 1. The second kappa shape index (κ2) is 6.76. The molecule has 0 saturated heterocycles. The first-order valence-electron chi connectivity index (χ1n) is 6.01. The largest absolute Gasteiger partial charge is 0.349 e. The summed E-state index contributed by atoms with van der Waals surface area (Å²) in [7, 11) is 0. The van der Waals surface area contributed by atoms with E-state index in [0.717, 1.165) is 5.56 Å². The van der Waals surface area contributed by atoms with Gasteiger partial charge in [0.25, 0.3) is 5.91 Å². The maximum absolute atomic E-state index is 11.8. The Morgan fingerprint density at radius 1 is 1.05 bits per heavy atom. The highest BCUT2D eigenvalue weighted by Crippen LogP contribution is 2.09. The summed E-state index contributed by atoms with van der Waals surface area (Å²) in [6.45, 7) is 0.496. The third kappa shape index (κ3) is 4.27. The molecule has 0 aliphatic carbocycles. The van der Waals surface area contributed by atoms with Crippen molar-refractivity contribution in [2.45, 2.75) is 0 Å². The van der Waals surface area contributed by atoms with Crippen LogP contribution < -0.4 is 5.32 Å². The second-order valence-electron chi connectivity index (χ2n) is 4.03. The van der Waals surface area contributed by atoms with E-state index in [0.29, 0.717) is 17.1 Å². The average molecular weight is 272 g/mol. The molecule has 2 nitrogen and oxygen atoms in total. The Labute approximate surface area is 117 Å². The molecule has 1 amide bonds. The van der Waals surface area contributed by atoms with Crippen LogP contribution >= 0.6 is 11.6 Å². The summed E-state index contributed by atoms with van der Waals surface area (Å²) >= 11 is 5.77. The van der Waals surface area contributed by atoms with Gasteiger partial charge in [-0.05, 0) is 29.8 Å². The smallest absolute Gasteiger partial charge is 0.251 e. The van der Waals surface area contributed by atoms with Gasteiger partial charge in [0.15, 0.2) is 0 Å². The summed E-state index contributed by atoms with van der Waals surface area (Å²) in [6, 6.07) is 16.8. The zero-order valence-corrected chi connectivity index (χ0v) is 11.1. The van der Waals surface area contributed by atoms with Crippen molar-refractivity contribution in [2.75, 3.05) is 6.54 Å². The molecule has 2 aromatic carbocycles. The molecule has 0 heterocycles. The number of amides is 1. The number of hydrogen-bond acceptors (Lipinski definition) is 1. The molecule has 19 heavy (non-hydrogen) atoms. The van der Waals surface area contributed by atoms with Crippen molar-refractivity contribution in [2.24, 2.45) is 0 Å². The van der Waals surface area contributed by atoms with Crippen LogP contribution in [-0.4, -0.2) is 12.5 Å². The van der Waals surface area contributed by atoms with Crippen LogP contribution in [0.15, 0.2) is 60.7 Å². The summed E-state index contributed by atoms with van der Waals surface area (Å²) in [4.78, 5) is 11.8. The van der Waals surface area contributed by atoms with E-state index >= 15 is 0 Å². The number of hydrogen-bond donors (Lipinski definition) is 1. The molecule has 0 aromatic heterocycles. The predicted octanol–water partition coefficient (Wildman–Crippen LogP) is 3.78. The van der Waals surface area contributed by atoms with Gasteiger partial charge in [-0.3, -0.25) is 4.79 Å². The van der Waals surface area contributed by atoms with Crippen LogP contribution in [0.25, 0.3) is 6.08 Å². The minimum atomic E-state index is -0.102. The van der Waals surface area contributed by atoms with Gasteiger partial charge in [-0.2, -0.15) is 0 Å². The Balaban J connectivity index is 1.84. The Hall–Kier alpha value is -2.06. The van der Waals surface area contributed by atoms with Crippen molar-refractivity contribution in [3.05, 3.63) is 76.8 Å². The standard InChI is InChI=1S/C16H14ClNO/c17-15-10-8-14(9-11-15)16(19)18-12-4-7-13-5-2-1-3-6-13/h1-11H,12H2,(H,18,19)/b7-4+. The molecule has 0 aliphatic heterocycles. The fourth-order valence-electron chi connectivity index (χ4n) is 1.61. The summed E-state index contributed by atoms with van der Waals surface area (Å²) in [5.41, 5.74) is 1.72. The highest BCUT2D eigenvalue weighted by atomic mass is 35.5. The number of halogens is 1. The van der Waals surface area contributed by atoms with Crippen LogP contribution in [0, 0.1) is 0 Å². The normalized spacial score (nSPS) is 10.6. The van der Waals surface area contributed by atoms with Crippen molar-refractivity contribution in [1.82, 2.24) is 5.32 Å². The molecule has 1 N–H and O–H groups in total. The van der Waals surface area contributed by atoms with Crippen LogP contribution in [-0.2, 0) is 0 Å². The lowest BCUT2D eigenvalue weighted by Gasteiger charge is -2.02. The maximum atomic E-state index is 11.8. The van der Waals surface area contributed by atoms with E-state index in [9.17, 15) is 4.79 Å². The molecule has 0 aliphatic rings. The topological polar surface area (TPSA) is 29.1 Å². The number of rotatable bonds is 4. The van der Waals surface area contributed by atoms with Crippen molar-refractivity contribution in [1.29, 1.82) is 0 Å². The number of benzene rings is 2. The van der Waals surface area contributed by atoms with E-state index in [1.54, 1.807) is 24.3 Å². The molecule has 0 fully saturated rings. The van der Waals surface area contributed by atoms with Gasteiger partial charge in [-0.1, -0.05) is 54.1 Å². The molecule has 2 rings (SSSR count). The van der Waals surface area contributed by atoms with Crippen molar-refractivity contribution >= 4 is 23.6 Å². The molecule has 3 heteroatoms. The molecule has 96 valence electrons. The van der Waals surface area contributed by atoms with Crippen LogP contribution in [0.3, 0.4) is 0 Å². The summed E-state index contributed by atoms with van der Waals surface area (Å²) < 4.78 is 0. The van der Waals surface area contributed by atoms with Gasteiger partial charge >= 0.3 is 0 Å². The SMILES string of the molecule is O=C(NC/C=C/c1ccccc1)c1ccc(Cl)cc1.